The number of nitrogens with zero attached hydrogens (tertiary/aromatic N) is 3. The summed E-state index contributed by atoms with van der Waals surface area (Å²) in [5.74, 6) is 1.21. The lowest BCUT2D eigenvalue weighted by molar-refractivity contribution is 0.993. The van der Waals surface area contributed by atoms with E-state index >= 15 is 0 Å². The number of thiophene rings is 1. The second-order valence-corrected chi connectivity index (χ2v) is 6.30. The molecule has 0 atom stereocenters. The third kappa shape index (κ3) is 2.56. The summed E-state index contributed by atoms with van der Waals surface area (Å²) in [6, 6.07) is 10.5. The molecule has 0 fully saturated rings. The van der Waals surface area contributed by atoms with E-state index in [2.05, 4.69) is 66.0 Å². The molecule has 5 heteroatoms. The van der Waals surface area contributed by atoms with E-state index in [0.29, 0.717) is 5.95 Å². The van der Waals surface area contributed by atoms with Crippen LogP contribution in [0.3, 0.4) is 0 Å². The minimum absolute atomic E-state index is 0.324. The fraction of sp³-hybridized carbons (Fsp3) is 0.250. The molecule has 2 N–H and O–H groups in total. The van der Waals surface area contributed by atoms with Gasteiger partial charge >= 0.3 is 0 Å². The Morgan fingerprint density at radius 2 is 2.00 bits per heavy atom. The van der Waals surface area contributed by atoms with Crippen LogP contribution in [0.25, 0.3) is 10.2 Å². The normalized spacial score (nSPS) is 11.0. The SMILES string of the molecule is CCN(c1cccc(C)c1)c1nc(N)nc2sc(C)cc12. The fourth-order valence-electron chi connectivity index (χ4n) is 2.50. The standard InChI is InChI=1S/C16H18N4S/c1-4-20(12-7-5-6-10(2)8-12)14-13-9-11(3)21-15(13)19-16(17)18-14/h5-9H,4H2,1-3H3,(H2,17,18,19). The van der Waals surface area contributed by atoms with E-state index in [-0.39, 0.29) is 0 Å². The van der Waals surface area contributed by atoms with Gasteiger partial charge in [-0.25, -0.2) is 4.98 Å². The van der Waals surface area contributed by atoms with Gasteiger partial charge in [0.05, 0.1) is 5.39 Å². The molecule has 108 valence electrons. The van der Waals surface area contributed by atoms with Gasteiger partial charge in [-0.15, -0.1) is 11.3 Å². The summed E-state index contributed by atoms with van der Waals surface area (Å²) in [6.07, 6.45) is 0. The first-order valence-corrected chi connectivity index (χ1v) is 7.78. The summed E-state index contributed by atoms with van der Waals surface area (Å²) >= 11 is 1.65. The van der Waals surface area contributed by atoms with E-state index in [9.17, 15) is 0 Å². The number of anilines is 3. The Morgan fingerprint density at radius 3 is 2.71 bits per heavy atom. The Hall–Kier alpha value is -2.14. The van der Waals surface area contributed by atoms with Gasteiger partial charge in [-0.2, -0.15) is 4.98 Å². The number of benzene rings is 1. The molecule has 0 aliphatic rings. The molecule has 0 aliphatic carbocycles. The first-order chi connectivity index (χ1) is 10.1. The Morgan fingerprint density at radius 1 is 1.19 bits per heavy atom. The zero-order valence-corrected chi connectivity index (χ0v) is 13.2. The summed E-state index contributed by atoms with van der Waals surface area (Å²) in [5, 5.41) is 1.06. The molecule has 0 unspecified atom stereocenters. The molecular formula is C16H18N4S. The van der Waals surface area contributed by atoms with Crippen LogP contribution < -0.4 is 10.6 Å². The summed E-state index contributed by atoms with van der Waals surface area (Å²) in [7, 11) is 0. The number of aryl methyl sites for hydroxylation is 2. The van der Waals surface area contributed by atoms with Crippen molar-refractivity contribution >= 4 is 39.0 Å². The van der Waals surface area contributed by atoms with E-state index in [1.54, 1.807) is 11.3 Å². The van der Waals surface area contributed by atoms with Crippen LogP contribution in [0, 0.1) is 13.8 Å². The number of nitrogens with two attached hydrogens (primary N) is 1. The van der Waals surface area contributed by atoms with Crippen LogP contribution >= 0.6 is 11.3 Å². The minimum atomic E-state index is 0.324. The molecule has 1 aromatic carbocycles. The van der Waals surface area contributed by atoms with Crippen LogP contribution in [0.5, 0.6) is 0 Å². The Bertz CT molecular complexity index is 794. The van der Waals surface area contributed by atoms with Gasteiger partial charge in [-0.3, -0.25) is 0 Å². The fourth-order valence-corrected chi connectivity index (χ4v) is 3.38. The number of fused-ring (bicyclic) bond motifs is 1. The minimum Gasteiger partial charge on any atom is -0.368 e. The van der Waals surface area contributed by atoms with Crippen LogP contribution in [-0.4, -0.2) is 16.5 Å². The zero-order chi connectivity index (χ0) is 15.0. The van der Waals surface area contributed by atoms with Gasteiger partial charge in [0.2, 0.25) is 5.95 Å². The topological polar surface area (TPSA) is 55.0 Å². The van der Waals surface area contributed by atoms with Crippen LogP contribution in [0.2, 0.25) is 0 Å². The Labute approximate surface area is 128 Å². The summed E-state index contributed by atoms with van der Waals surface area (Å²) < 4.78 is 0. The highest BCUT2D eigenvalue weighted by molar-refractivity contribution is 7.18. The van der Waals surface area contributed by atoms with Crippen molar-refractivity contribution in [1.29, 1.82) is 0 Å². The van der Waals surface area contributed by atoms with Gasteiger partial charge in [-0.1, -0.05) is 12.1 Å². The van der Waals surface area contributed by atoms with Gasteiger partial charge in [0, 0.05) is 17.1 Å². The second-order valence-electron chi connectivity index (χ2n) is 5.06. The second kappa shape index (κ2) is 5.33. The van der Waals surface area contributed by atoms with Crippen molar-refractivity contribution in [1.82, 2.24) is 9.97 Å². The van der Waals surface area contributed by atoms with E-state index < -0.39 is 0 Å². The van der Waals surface area contributed by atoms with Crippen LogP contribution in [0.15, 0.2) is 30.3 Å². The number of hydrogen-bond donors (Lipinski definition) is 1. The van der Waals surface area contributed by atoms with Crippen molar-refractivity contribution in [2.24, 2.45) is 0 Å². The Balaban J connectivity index is 2.21. The van der Waals surface area contributed by atoms with E-state index in [1.165, 1.54) is 10.4 Å². The molecule has 21 heavy (non-hydrogen) atoms. The molecule has 0 saturated heterocycles. The molecule has 0 saturated carbocycles. The lowest BCUT2D eigenvalue weighted by Crippen LogP contribution is -2.18. The smallest absolute Gasteiger partial charge is 0.223 e. The quantitative estimate of drug-likeness (QED) is 0.792. The first-order valence-electron chi connectivity index (χ1n) is 6.96. The third-order valence-electron chi connectivity index (χ3n) is 3.40. The van der Waals surface area contributed by atoms with Crippen molar-refractivity contribution in [3.63, 3.8) is 0 Å². The molecule has 0 spiro atoms. The summed E-state index contributed by atoms with van der Waals surface area (Å²) in [6.45, 7) is 7.11. The number of hydrogen-bond acceptors (Lipinski definition) is 5. The maximum atomic E-state index is 5.89. The monoisotopic (exact) mass is 298 g/mol. The predicted octanol–water partition coefficient (Wildman–Crippen LogP) is 4.05. The van der Waals surface area contributed by atoms with E-state index in [0.717, 1.165) is 28.3 Å². The van der Waals surface area contributed by atoms with Crippen molar-refractivity contribution < 1.29 is 0 Å². The number of aromatic nitrogens is 2. The van der Waals surface area contributed by atoms with Crippen LogP contribution in [0.4, 0.5) is 17.5 Å². The van der Waals surface area contributed by atoms with Gasteiger partial charge in [0.25, 0.3) is 0 Å². The van der Waals surface area contributed by atoms with Crippen LogP contribution in [0.1, 0.15) is 17.4 Å². The highest BCUT2D eigenvalue weighted by atomic mass is 32.1. The summed E-state index contributed by atoms with van der Waals surface area (Å²) in [5.41, 5.74) is 8.25. The zero-order valence-electron chi connectivity index (χ0n) is 12.4. The average Bonchev–Trinajstić information content (AvgIpc) is 2.80. The third-order valence-corrected chi connectivity index (χ3v) is 4.34. The molecule has 3 rings (SSSR count). The van der Waals surface area contributed by atoms with E-state index in [1.807, 2.05) is 0 Å². The lowest BCUT2D eigenvalue weighted by Gasteiger charge is -2.23. The molecule has 2 heterocycles. The molecule has 4 nitrogen and oxygen atoms in total. The van der Waals surface area contributed by atoms with Crippen molar-refractivity contribution in [2.75, 3.05) is 17.2 Å². The molecule has 0 bridgehead atoms. The number of nitrogen functional groups attached to an aromatic ring is 1. The number of rotatable bonds is 3. The first kappa shape index (κ1) is 13.8. The highest BCUT2D eigenvalue weighted by Crippen LogP contribution is 2.34. The molecule has 2 aromatic heterocycles. The average molecular weight is 298 g/mol. The van der Waals surface area contributed by atoms with Crippen LogP contribution in [-0.2, 0) is 0 Å². The summed E-state index contributed by atoms with van der Waals surface area (Å²) in [4.78, 5) is 13.2. The molecule has 0 radical (unpaired) electrons. The van der Waals surface area contributed by atoms with Gasteiger partial charge in [-0.05, 0) is 44.5 Å². The van der Waals surface area contributed by atoms with Gasteiger partial charge < -0.3 is 10.6 Å². The largest absolute Gasteiger partial charge is 0.368 e. The molecule has 3 aromatic rings. The highest BCUT2D eigenvalue weighted by Gasteiger charge is 2.16. The van der Waals surface area contributed by atoms with Crippen molar-refractivity contribution in [2.45, 2.75) is 20.8 Å². The maximum absolute atomic E-state index is 5.89. The predicted molar refractivity (Wildman–Crippen MR) is 90.4 cm³/mol. The van der Waals surface area contributed by atoms with E-state index in [4.69, 9.17) is 5.73 Å². The van der Waals surface area contributed by atoms with Gasteiger partial charge in [0.1, 0.15) is 10.6 Å². The maximum Gasteiger partial charge on any atom is 0.223 e. The lowest BCUT2D eigenvalue weighted by atomic mass is 10.2. The van der Waals surface area contributed by atoms with Crippen molar-refractivity contribution in [3.8, 4) is 0 Å². The molecular weight excluding hydrogens is 280 g/mol. The van der Waals surface area contributed by atoms with Crippen molar-refractivity contribution in [3.05, 3.63) is 40.8 Å². The molecule has 0 aliphatic heterocycles. The molecule has 0 amide bonds. The Kier molecular flexibility index (Phi) is 3.51. The van der Waals surface area contributed by atoms with Gasteiger partial charge in [0.15, 0.2) is 0 Å².